The van der Waals surface area contributed by atoms with E-state index >= 15 is 0 Å². The number of aryl methyl sites for hydroxylation is 1. The first-order chi connectivity index (χ1) is 13.3. The maximum absolute atomic E-state index is 12.5. The van der Waals surface area contributed by atoms with E-state index < -0.39 is 0 Å². The third-order valence-corrected chi connectivity index (χ3v) is 5.40. The Hall–Kier alpha value is -2.44. The van der Waals surface area contributed by atoms with Crippen molar-refractivity contribution in [3.8, 4) is 0 Å². The third-order valence-electron chi connectivity index (χ3n) is 5.40. The minimum atomic E-state index is -0.00597. The second-order valence-electron chi connectivity index (χ2n) is 8.42. The van der Waals surface area contributed by atoms with Crippen LogP contribution >= 0.6 is 0 Å². The summed E-state index contributed by atoms with van der Waals surface area (Å²) in [5.74, 6) is 0.695. The predicted molar refractivity (Wildman–Crippen MR) is 112 cm³/mol. The first kappa shape index (κ1) is 20.3. The Morgan fingerprint density at radius 3 is 2.39 bits per heavy atom. The molecule has 1 aliphatic carbocycles. The molecule has 2 aromatic rings. The minimum absolute atomic E-state index is 0.00597. The number of carbonyl (C=O) groups is 1. The number of hydrogen-bond donors (Lipinski definition) is 2. The van der Waals surface area contributed by atoms with E-state index in [4.69, 9.17) is 0 Å². The molecule has 2 heterocycles. The molecule has 1 aliphatic rings. The fourth-order valence-corrected chi connectivity index (χ4v) is 3.74. The molecule has 28 heavy (non-hydrogen) atoms. The van der Waals surface area contributed by atoms with Crippen LogP contribution in [0.1, 0.15) is 65.0 Å². The molecule has 0 bridgehead atoms. The largest absolute Gasteiger partial charge is 0.353 e. The summed E-state index contributed by atoms with van der Waals surface area (Å²) in [4.78, 5) is 33.5. The molecule has 7 nitrogen and oxygen atoms in total. The smallest absolute Gasteiger partial charge is 0.255 e. The fourth-order valence-electron chi connectivity index (χ4n) is 3.74. The van der Waals surface area contributed by atoms with Crippen LogP contribution in [0.2, 0.25) is 0 Å². The number of carbonyl (C=O) groups excluding carboxylic acids is 1. The van der Waals surface area contributed by atoms with Gasteiger partial charge < -0.3 is 10.6 Å². The summed E-state index contributed by atoms with van der Waals surface area (Å²) in [7, 11) is 0. The molecule has 0 radical (unpaired) electrons. The number of fused-ring (bicyclic) bond motifs is 1. The van der Waals surface area contributed by atoms with Crippen LogP contribution in [0.25, 0.3) is 11.0 Å². The lowest BCUT2D eigenvalue weighted by molar-refractivity contribution is -0.124. The number of anilines is 1. The molecule has 1 fully saturated rings. The van der Waals surface area contributed by atoms with Crippen molar-refractivity contribution >= 4 is 22.9 Å². The van der Waals surface area contributed by atoms with Crippen molar-refractivity contribution in [1.82, 2.24) is 19.9 Å². The zero-order valence-electron chi connectivity index (χ0n) is 17.5. The van der Waals surface area contributed by atoms with Gasteiger partial charge in [0.25, 0.3) is 5.56 Å². The van der Waals surface area contributed by atoms with E-state index in [1.807, 2.05) is 40.7 Å². The lowest BCUT2D eigenvalue weighted by atomic mass is 9.91. The van der Waals surface area contributed by atoms with Crippen molar-refractivity contribution in [3.05, 3.63) is 28.2 Å². The normalized spacial score (nSPS) is 20.0. The van der Waals surface area contributed by atoms with Gasteiger partial charge in [0.1, 0.15) is 5.65 Å². The molecule has 7 heteroatoms. The third kappa shape index (κ3) is 4.34. The molecule has 0 saturated heterocycles. The number of pyridine rings is 1. The van der Waals surface area contributed by atoms with Crippen LogP contribution in [0.5, 0.6) is 0 Å². The van der Waals surface area contributed by atoms with Crippen molar-refractivity contribution in [2.24, 2.45) is 5.92 Å². The minimum Gasteiger partial charge on any atom is -0.353 e. The van der Waals surface area contributed by atoms with E-state index in [1.165, 1.54) is 0 Å². The molecule has 2 aromatic heterocycles. The monoisotopic (exact) mass is 385 g/mol. The van der Waals surface area contributed by atoms with Gasteiger partial charge in [0.2, 0.25) is 11.9 Å². The molecule has 3 rings (SSSR count). The fraction of sp³-hybridized carbons (Fsp3) is 0.619. The highest BCUT2D eigenvalue weighted by molar-refractivity contribution is 5.78. The van der Waals surface area contributed by atoms with E-state index in [1.54, 1.807) is 10.8 Å². The molecule has 0 aromatic carbocycles. The Kier molecular flexibility index (Phi) is 6.01. The second kappa shape index (κ2) is 8.29. The maximum atomic E-state index is 12.5. The number of hydrogen-bond acceptors (Lipinski definition) is 5. The average molecular weight is 386 g/mol. The van der Waals surface area contributed by atoms with Crippen molar-refractivity contribution in [3.63, 3.8) is 0 Å². The highest BCUT2D eigenvalue weighted by Crippen LogP contribution is 2.23. The molecular formula is C21H31N5O2. The van der Waals surface area contributed by atoms with Crippen LogP contribution < -0.4 is 16.2 Å². The Labute approximate surface area is 166 Å². The van der Waals surface area contributed by atoms with Gasteiger partial charge in [-0.05, 0) is 52.5 Å². The zero-order valence-corrected chi connectivity index (χ0v) is 17.5. The number of rotatable bonds is 5. The number of nitrogens with zero attached hydrogens (tertiary/aromatic N) is 3. The van der Waals surface area contributed by atoms with Crippen molar-refractivity contribution in [2.75, 3.05) is 5.32 Å². The molecule has 152 valence electrons. The summed E-state index contributed by atoms with van der Waals surface area (Å²) >= 11 is 0. The molecule has 2 N–H and O–H groups in total. The second-order valence-corrected chi connectivity index (χ2v) is 8.42. The summed E-state index contributed by atoms with van der Waals surface area (Å²) < 4.78 is 1.73. The van der Waals surface area contributed by atoms with Crippen LogP contribution in [0.15, 0.2) is 17.1 Å². The average Bonchev–Trinajstić information content (AvgIpc) is 2.64. The zero-order chi connectivity index (χ0) is 20.4. The van der Waals surface area contributed by atoms with Crippen LogP contribution in [0.4, 0.5) is 5.95 Å². The molecule has 0 unspecified atom stereocenters. The van der Waals surface area contributed by atoms with E-state index in [0.717, 1.165) is 31.1 Å². The van der Waals surface area contributed by atoms with Gasteiger partial charge >= 0.3 is 0 Å². The van der Waals surface area contributed by atoms with Gasteiger partial charge in [0.15, 0.2) is 0 Å². The van der Waals surface area contributed by atoms with E-state index in [-0.39, 0.29) is 35.5 Å². The van der Waals surface area contributed by atoms with Gasteiger partial charge in [-0.2, -0.15) is 4.98 Å². The predicted octanol–water partition coefficient (Wildman–Crippen LogP) is 3.18. The van der Waals surface area contributed by atoms with Gasteiger partial charge in [0, 0.05) is 41.2 Å². The van der Waals surface area contributed by atoms with Crippen LogP contribution in [0.3, 0.4) is 0 Å². The van der Waals surface area contributed by atoms with Gasteiger partial charge in [-0.25, -0.2) is 4.98 Å². The first-order valence-corrected chi connectivity index (χ1v) is 10.2. The van der Waals surface area contributed by atoms with Crippen molar-refractivity contribution in [2.45, 2.75) is 78.4 Å². The molecule has 1 saturated carbocycles. The van der Waals surface area contributed by atoms with E-state index in [0.29, 0.717) is 17.2 Å². The molecule has 1 amide bonds. The van der Waals surface area contributed by atoms with E-state index in [9.17, 15) is 9.59 Å². The van der Waals surface area contributed by atoms with Crippen molar-refractivity contribution < 1.29 is 4.79 Å². The Bertz CT molecular complexity index is 911. The first-order valence-electron chi connectivity index (χ1n) is 10.2. The van der Waals surface area contributed by atoms with Crippen LogP contribution in [0, 0.1) is 12.8 Å². The highest BCUT2D eigenvalue weighted by Gasteiger charge is 2.24. The van der Waals surface area contributed by atoms with Gasteiger partial charge in [-0.1, -0.05) is 13.8 Å². The lowest BCUT2D eigenvalue weighted by Gasteiger charge is -2.30. The molecular weight excluding hydrogens is 354 g/mol. The standard InChI is InChI=1S/C21H31N5O2/c1-12(2)19(27)23-16-6-8-17(9-7-16)24-21-22-11-15-10-14(5)20(28)26(13(3)4)18(15)25-21/h10-13,16-17H,6-9H2,1-5H3,(H,23,27)(H,22,24,25)/t16-,17-. The van der Waals surface area contributed by atoms with Gasteiger partial charge in [0.05, 0.1) is 0 Å². The van der Waals surface area contributed by atoms with Gasteiger partial charge in [-0.15, -0.1) is 0 Å². The number of nitrogens with one attached hydrogen (secondary N) is 2. The Morgan fingerprint density at radius 2 is 1.79 bits per heavy atom. The topological polar surface area (TPSA) is 88.9 Å². The highest BCUT2D eigenvalue weighted by atomic mass is 16.2. The molecule has 0 aliphatic heterocycles. The molecule has 0 atom stereocenters. The number of amides is 1. The van der Waals surface area contributed by atoms with Crippen LogP contribution in [-0.4, -0.2) is 32.5 Å². The van der Waals surface area contributed by atoms with Gasteiger partial charge in [-0.3, -0.25) is 14.2 Å². The molecule has 0 spiro atoms. The Morgan fingerprint density at radius 1 is 1.14 bits per heavy atom. The van der Waals surface area contributed by atoms with Crippen molar-refractivity contribution in [1.29, 1.82) is 0 Å². The lowest BCUT2D eigenvalue weighted by Crippen LogP contribution is -2.41. The van der Waals surface area contributed by atoms with Crippen LogP contribution in [-0.2, 0) is 4.79 Å². The number of aromatic nitrogens is 3. The Balaban J connectivity index is 1.72. The summed E-state index contributed by atoms with van der Waals surface area (Å²) in [6.45, 7) is 9.63. The quantitative estimate of drug-likeness (QED) is 0.825. The summed E-state index contributed by atoms with van der Waals surface area (Å²) in [6, 6.07) is 2.40. The summed E-state index contributed by atoms with van der Waals surface area (Å²) in [5.41, 5.74) is 1.36. The summed E-state index contributed by atoms with van der Waals surface area (Å²) in [5, 5.41) is 7.41. The van der Waals surface area contributed by atoms with E-state index in [2.05, 4.69) is 20.6 Å². The SMILES string of the molecule is Cc1cc2cnc(N[C@H]3CC[C@H](NC(=O)C(C)C)CC3)nc2n(C(C)C)c1=O. The summed E-state index contributed by atoms with van der Waals surface area (Å²) in [6.07, 6.45) is 5.58. The maximum Gasteiger partial charge on any atom is 0.255 e.